The molecule has 2 rings (SSSR count). The van der Waals surface area contributed by atoms with E-state index in [9.17, 15) is 0 Å². The van der Waals surface area contributed by atoms with Crippen molar-refractivity contribution in [1.82, 2.24) is 15.3 Å². The summed E-state index contributed by atoms with van der Waals surface area (Å²) < 4.78 is 5.63. The highest BCUT2D eigenvalue weighted by molar-refractivity contribution is 5.32. The molecule has 5 heteroatoms. The number of aromatic nitrogens is 2. The van der Waals surface area contributed by atoms with Crippen molar-refractivity contribution in [2.45, 2.75) is 46.4 Å². The van der Waals surface area contributed by atoms with Crippen LogP contribution in [-0.4, -0.2) is 41.8 Å². The van der Waals surface area contributed by atoms with Gasteiger partial charge in [-0.1, -0.05) is 13.8 Å². The summed E-state index contributed by atoms with van der Waals surface area (Å²) in [7, 11) is 0. The zero-order valence-electron chi connectivity index (χ0n) is 13.0. The summed E-state index contributed by atoms with van der Waals surface area (Å²) in [6.07, 6.45) is 4.08. The van der Waals surface area contributed by atoms with Gasteiger partial charge in [0.15, 0.2) is 0 Å². The Kier molecular flexibility index (Phi) is 5.31. The Labute approximate surface area is 121 Å². The van der Waals surface area contributed by atoms with Gasteiger partial charge in [-0.3, -0.25) is 0 Å². The second-order valence-corrected chi connectivity index (χ2v) is 6.06. The summed E-state index contributed by atoms with van der Waals surface area (Å²) >= 11 is 0. The van der Waals surface area contributed by atoms with Crippen LogP contribution in [0.5, 0.6) is 0 Å². The van der Waals surface area contributed by atoms with Gasteiger partial charge in [-0.15, -0.1) is 0 Å². The topological polar surface area (TPSA) is 50.3 Å². The molecule has 2 atom stereocenters. The van der Waals surface area contributed by atoms with Gasteiger partial charge in [0, 0.05) is 31.0 Å². The first-order valence-corrected chi connectivity index (χ1v) is 7.46. The number of hydrogen-bond acceptors (Lipinski definition) is 5. The van der Waals surface area contributed by atoms with Crippen LogP contribution in [0, 0.1) is 5.92 Å². The summed E-state index contributed by atoms with van der Waals surface area (Å²) in [5.74, 6) is 1.46. The van der Waals surface area contributed by atoms with Crippen molar-refractivity contribution >= 4 is 5.95 Å². The predicted molar refractivity (Wildman–Crippen MR) is 80.8 cm³/mol. The lowest BCUT2D eigenvalue weighted by molar-refractivity contribution is 0.0337. The summed E-state index contributed by atoms with van der Waals surface area (Å²) in [4.78, 5) is 11.2. The second-order valence-electron chi connectivity index (χ2n) is 6.06. The third kappa shape index (κ3) is 4.15. The Bertz CT molecular complexity index is 407. The first kappa shape index (κ1) is 15.2. The maximum Gasteiger partial charge on any atom is 0.225 e. The average molecular weight is 278 g/mol. The lowest BCUT2D eigenvalue weighted by atomic mass is 10.2. The zero-order valence-corrected chi connectivity index (χ0v) is 13.0. The minimum absolute atomic E-state index is 0.238. The normalized spacial score (nSPS) is 23.4. The van der Waals surface area contributed by atoms with Gasteiger partial charge in [0.1, 0.15) is 0 Å². The molecule has 0 bridgehead atoms. The summed E-state index contributed by atoms with van der Waals surface area (Å²) in [6.45, 7) is 12.1. The number of anilines is 1. The molecular formula is C15H26N4O. The van der Waals surface area contributed by atoms with Gasteiger partial charge in [-0.2, -0.15) is 0 Å². The Balaban J connectivity index is 1.93. The molecule has 1 aromatic heterocycles. The highest BCUT2D eigenvalue weighted by Crippen LogP contribution is 2.17. The minimum atomic E-state index is 0.238. The van der Waals surface area contributed by atoms with Crippen molar-refractivity contribution in [2.75, 3.05) is 24.6 Å². The second kappa shape index (κ2) is 6.99. The van der Waals surface area contributed by atoms with E-state index in [1.165, 1.54) is 0 Å². The van der Waals surface area contributed by atoms with Crippen molar-refractivity contribution in [3.63, 3.8) is 0 Å². The monoisotopic (exact) mass is 278 g/mol. The van der Waals surface area contributed by atoms with Crippen molar-refractivity contribution in [2.24, 2.45) is 5.92 Å². The quantitative estimate of drug-likeness (QED) is 0.890. The van der Waals surface area contributed by atoms with Crippen LogP contribution in [0.2, 0.25) is 0 Å². The summed E-state index contributed by atoms with van der Waals surface area (Å²) in [5, 5.41) is 3.40. The molecule has 1 fully saturated rings. The van der Waals surface area contributed by atoms with Crippen LogP contribution in [0.3, 0.4) is 0 Å². The molecule has 0 radical (unpaired) electrons. The fourth-order valence-electron chi connectivity index (χ4n) is 2.27. The van der Waals surface area contributed by atoms with Crippen LogP contribution in [0.15, 0.2) is 12.4 Å². The van der Waals surface area contributed by atoms with E-state index in [2.05, 4.69) is 47.9 Å². The van der Waals surface area contributed by atoms with Crippen LogP contribution in [0.1, 0.15) is 33.3 Å². The smallest absolute Gasteiger partial charge is 0.225 e. The van der Waals surface area contributed by atoms with E-state index in [0.29, 0.717) is 12.0 Å². The molecule has 1 aliphatic heterocycles. The molecule has 1 N–H and O–H groups in total. The molecule has 1 aromatic rings. The fourth-order valence-corrected chi connectivity index (χ4v) is 2.27. The molecule has 112 valence electrons. The average Bonchev–Trinajstić information content (AvgIpc) is 2.42. The largest absolute Gasteiger partial charge is 0.375 e. The number of nitrogens with one attached hydrogen (secondary N) is 1. The van der Waals surface area contributed by atoms with Crippen molar-refractivity contribution < 1.29 is 4.74 Å². The standard InChI is InChI=1S/C15H26N4O/c1-11(2)5-16-6-14-7-17-15(18-8-14)19-9-13(4)20-10-12(19)3/h7-8,11-13,16H,5-6,9-10H2,1-4H3. The fraction of sp³-hybridized carbons (Fsp3) is 0.733. The Morgan fingerprint density at radius 3 is 2.70 bits per heavy atom. The zero-order chi connectivity index (χ0) is 14.5. The third-order valence-corrected chi connectivity index (χ3v) is 3.44. The lowest BCUT2D eigenvalue weighted by Gasteiger charge is -2.36. The molecule has 2 heterocycles. The van der Waals surface area contributed by atoms with Gasteiger partial charge >= 0.3 is 0 Å². The van der Waals surface area contributed by atoms with E-state index < -0.39 is 0 Å². The van der Waals surface area contributed by atoms with Gasteiger partial charge in [-0.05, 0) is 26.3 Å². The minimum Gasteiger partial charge on any atom is -0.375 e. The van der Waals surface area contributed by atoms with Crippen molar-refractivity contribution in [3.8, 4) is 0 Å². The maximum atomic E-state index is 5.63. The number of rotatable bonds is 5. The highest BCUT2D eigenvalue weighted by atomic mass is 16.5. The number of hydrogen-bond donors (Lipinski definition) is 1. The van der Waals surface area contributed by atoms with Gasteiger partial charge < -0.3 is 15.0 Å². The van der Waals surface area contributed by atoms with Crippen LogP contribution in [0.25, 0.3) is 0 Å². The summed E-state index contributed by atoms with van der Waals surface area (Å²) in [5.41, 5.74) is 1.13. The molecule has 0 aliphatic carbocycles. The van der Waals surface area contributed by atoms with E-state index >= 15 is 0 Å². The molecular weight excluding hydrogens is 252 g/mol. The number of morpholine rings is 1. The molecule has 0 saturated carbocycles. The molecule has 0 aromatic carbocycles. The molecule has 5 nitrogen and oxygen atoms in total. The highest BCUT2D eigenvalue weighted by Gasteiger charge is 2.25. The van der Waals surface area contributed by atoms with Crippen molar-refractivity contribution in [1.29, 1.82) is 0 Å². The Hall–Kier alpha value is -1.20. The van der Waals surface area contributed by atoms with Crippen molar-refractivity contribution in [3.05, 3.63) is 18.0 Å². The van der Waals surface area contributed by atoms with E-state index in [-0.39, 0.29) is 6.10 Å². The molecule has 1 saturated heterocycles. The van der Waals surface area contributed by atoms with E-state index in [1.54, 1.807) is 0 Å². The van der Waals surface area contributed by atoms with Gasteiger partial charge in [0.05, 0.1) is 18.8 Å². The summed E-state index contributed by atoms with van der Waals surface area (Å²) in [6, 6.07) is 0.330. The Morgan fingerprint density at radius 2 is 2.05 bits per heavy atom. The molecule has 20 heavy (non-hydrogen) atoms. The number of nitrogens with zero attached hydrogens (tertiary/aromatic N) is 3. The van der Waals surface area contributed by atoms with Gasteiger partial charge in [-0.25, -0.2) is 9.97 Å². The van der Waals surface area contributed by atoms with Crippen LogP contribution >= 0.6 is 0 Å². The SMILES string of the molecule is CC(C)CNCc1cnc(N2CC(C)OCC2C)nc1. The number of ether oxygens (including phenoxy) is 1. The predicted octanol–water partition coefficient (Wildman–Crippen LogP) is 1.84. The van der Waals surface area contributed by atoms with Crippen LogP contribution in [-0.2, 0) is 11.3 Å². The first-order valence-electron chi connectivity index (χ1n) is 7.46. The molecule has 0 amide bonds. The van der Waals surface area contributed by atoms with Gasteiger partial charge in [0.25, 0.3) is 0 Å². The molecule has 2 unspecified atom stereocenters. The van der Waals surface area contributed by atoms with Gasteiger partial charge in [0.2, 0.25) is 5.95 Å². The van der Waals surface area contributed by atoms with E-state index in [4.69, 9.17) is 4.74 Å². The maximum absolute atomic E-state index is 5.63. The lowest BCUT2D eigenvalue weighted by Crippen LogP contribution is -2.48. The van der Waals surface area contributed by atoms with E-state index in [0.717, 1.165) is 37.8 Å². The third-order valence-electron chi connectivity index (χ3n) is 3.44. The van der Waals surface area contributed by atoms with Crippen LogP contribution in [0.4, 0.5) is 5.95 Å². The molecule has 1 aliphatic rings. The Morgan fingerprint density at radius 1 is 1.35 bits per heavy atom. The molecule has 0 spiro atoms. The first-order chi connectivity index (χ1) is 9.56. The van der Waals surface area contributed by atoms with Crippen LogP contribution < -0.4 is 10.2 Å². The van der Waals surface area contributed by atoms with E-state index in [1.807, 2.05) is 12.4 Å².